The minimum atomic E-state index is -0.340. The molecule has 0 saturated carbocycles. The summed E-state index contributed by atoms with van der Waals surface area (Å²) < 4.78 is 17.0. The normalized spacial score (nSPS) is 14.9. The first-order chi connectivity index (χ1) is 14.6. The molecule has 0 amide bonds. The quantitative estimate of drug-likeness (QED) is 0.482. The SMILES string of the molecule is CCOC(=O)c1ccccc1N1COc2c(cc3c4c(c(=O)oc3c2C)CCC4)C1. The minimum Gasteiger partial charge on any atom is -0.472 e. The van der Waals surface area contributed by atoms with Crippen molar-refractivity contribution < 1.29 is 18.7 Å². The predicted octanol–water partition coefficient (Wildman–Crippen LogP) is 4.12. The predicted molar refractivity (Wildman–Crippen MR) is 113 cm³/mol. The van der Waals surface area contributed by atoms with Gasteiger partial charge >= 0.3 is 11.6 Å². The summed E-state index contributed by atoms with van der Waals surface area (Å²) >= 11 is 0. The number of carbonyl (C=O) groups is 1. The van der Waals surface area contributed by atoms with Crippen LogP contribution in [0.1, 0.15) is 46.0 Å². The lowest BCUT2D eigenvalue weighted by Crippen LogP contribution is -2.33. The molecule has 0 unspecified atom stereocenters. The van der Waals surface area contributed by atoms with Crippen LogP contribution in [0.3, 0.4) is 0 Å². The molecular formula is C24H23NO5. The van der Waals surface area contributed by atoms with E-state index in [4.69, 9.17) is 13.9 Å². The number of fused-ring (bicyclic) bond motifs is 4. The van der Waals surface area contributed by atoms with Gasteiger partial charge in [-0.15, -0.1) is 0 Å². The Hall–Kier alpha value is -3.28. The second-order valence-electron chi connectivity index (χ2n) is 7.78. The van der Waals surface area contributed by atoms with Gasteiger partial charge in [-0.05, 0) is 56.9 Å². The molecule has 0 saturated heterocycles. The zero-order valence-electron chi connectivity index (χ0n) is 17.1. The summed E-state index contributed by atoms with van der Waals surface area (Å²) in [6.45, 7) is 4.95. The lowest BCUT2D eigenvalue weighted by atomic mass is 9.98. The van der Waals surface area contributed by atoms with Gasteiger partial charge in [0.25, 0.3) is 0 Å². The van der Waals surface area contributed by atoms with Crippen molar-refractivity contribution in [3.05, 3.63) is 68.6 Å². The van der Waals surface area contributed by atoms with Gasteiger partial charge < -0.3 is 18.8 Å². The van der Waals surface area contributed by atoms with Gasteiger partial charge in [0.2, 0.25) is 0 Å². The number of nitrogens with zero attached hydrogens (tertiary/aromatic N) is 1. The molecule has 0 bridgehead atoms. The fourth-order valence-electron chi connectivity index (χ4n) is 4.63. The van der Waals surface area contributed by atoms with Gasteiger partial charge in [-0.3, -0.25) is 0 Å². The Morgan fingerprint density at radius 1 is 1.20 bits per heavy atom. The van der Waals surface area contributed by atoms with Crippen LogP contribution in [0.4, 0.5) is 5.69 Å². The lowest BCUT2D eigenvalue weighted by molar-refractivity contribution is 0.0527. The van der Waals surface area contributed by atoms with E-state index in [9.17, 15) is 9.59 Å². The Balaban J connectivity index is 1.59. The first kappa shape index (κ1) is 18.7. The highest BCUT2D eigenvalue weighted by Crippen LogP contribution is 2.39. The van der Waals surface area contributed by atoms with Crippen LogP contribution in [-0.4, -0.2) is 19.3 Å². The summed E-state index contributed by atoms with van der Waals surface area (Å²) in [5.74, 6) is 0.418. The second-order valence-corrected chi connectivity index (χ2v) is 7.78. The van der Waals surface area contributed by atoms with Gasteiger partial charge in [0, 0.05) is 28.6 Å². The lowest BCUT2D eigenvalue weighted by Gasteiger charge is -2.33. The van der Waals surface area contributed by atoms with Crippen LogP contribution in [0.15, 0.2) is 39.5 Å². The van der Waals surface area contributed by atoms with E-state index < -0.39 is 0 Å². The van der Waals surface area contributed by atoms with Crippen molar-refractivity contribution in [1.82, 2.24) is 0 Å². The number of esters is 1. The van der Waals surface area contributed by atoms with Crippen LogP contribution in [0, 0.1) is 6.92 Å². The number of ether oxygens (including phenoxy) is 2. The van der Waals surface area contributed by atoms with E-state index in [1.54, 1.807) is 13.0 Å². The highest BCUT2D eigenvalue weighted by molar-refractivity contribution is 5.96. The van der Waals surface area contributed by atoms with Gasteiger partial charge in [0.15, 0.2) is 6.73 Å². The molecule has 6 heteroatoms. The summed E-state index contributed by atoms with van der Waals surface area (Å²) in [6, 6.07) is 9.50. The topological polar surface area (TPSA) is 69.0 Å². The third-order valence-electron chi connectivity index (χ3n) is 5.99. The van der Waals surface area contributed by atoms with Crippen molar-refractivity contribution in [3.63, 3.8) is 0 Å². The number of hydrogen-bond acceptors (Lipinski definition) is 6. The van der Waals surface area contributed by atoms with Crippen LogP contribution < -0.4 is 15.3 Å². The van der Waals surface area contributed by atoms with E-state index in [1.807, 2.05) is 30.0 Å². The Labute approximate surface area is 174 Å². The molecule has 3 aromatic rings. The highest BCUT2D eigenvalue weighted by atomic mass is 16.5. The summed E-state index contributed by atoms with van der Waals surface area (Å²) in [6.07, 6.45) is 2.65. The van der Waals surface area contributed by atoms with Crippen molar-refractivity contribution >= 4 is 22.6 Å². The number of carbonyl (C=O) groups excluding carboxylic acids is 1. The molecule has 1 aromatic heterocycles. The number of rotatable bonds is 3. The van der Waals surface area contributed by atoms with E-state index >= 15 is 0 Å². The summed E-state index contributed by atoms with van der Waals surface area (Å²) in [5.41, 5.74) is 5.50. The van der Waals surface area contributed by atoms with Crippen molar-refractivity contribution in [1.29, 1.82) is 0 Å². The maximum atomic E-state index is 12.4. The van der Waals surface area contributed by atoms with Crippen LogP contribution in [0.25, 0.3) is 11.0 Å². The fourth-order valence-corrected chi connectivity index (χ4v) is 4.63. The molecule has 5 rings (SSSR count). The average Bonchev–Trinajstić information content (AvgIpc) is 3.26. The summed E-state index contributed by atoms with van der Waals surface area (Å²) in [4.78, 5) is 26.8. The molecule has 0 N–H and O–H groups in total. The smallest absolute Gasteiger partial charge is 0.340 e. The Morgan fingerprint density at radius 2 is 2.00 bits per heavy atom. The molecule has 154 valence electrons. The summed E-state index contributed by atoms with van der Waals surface area (Å²) in [5, 5.41) is 1.00. The Kier molecular flexibility index (Phi) is 4.50. The van der Waals surface area contributed by atoms with Crippen molar-refractivity contribution in [2.45, 2.75) is 39.7 Å². The molecule has 0 atom stereocenters. The molecule has 30 heavy (non-hydrogen) atoms. The van der Waals surface area contributed by atoms with Crippen molar-refractivity contribution in [2.75, 3.05) is 18.2 Å². The third kappa shape index (κ3) is 2.86. The molecule has 1 aliphatic heterocycles. The van der Waals surface area contributed by atoms with Gasteiger partial charge in [0.05, 0.1) is 17.9 Å². The van der Waals surface area contributed by atoms with Crippen LogP contribution >= 0.6 is 0 Å². The van der Waals surface area contributed by atoms with Crippen LogP contribution in [0.5, 0.6) is 5.75 Å². The number of aryl methyl sites for hydroxylation is 2. The van der Waals surface area contributed by atoms with Gasteiger partial charge in [0.1, 0.15) is 11.3 Å². The fraction of sp³-hybridized carbons (Fsp3) is 0.333. The summed E-state index contributed by atoms with van der Waals surface area (Å²) in [7, 11) is 0. The molecule has 2 aromatic carbocycles. The highest BCUT2D eigenvalue weighted by Gasteiger charge is 2.27. The molecule has 0 fully saturated rings. The van der Waals surface area contributed by atoms with E-state index in [0.717, 1.165) is 58.3 Å². The van der Waals surface area contributed by atoms with Crippen molar-refractivity contribution in [2.24, 2.45) is 0 Å². The zero-order valence-corrected chi connectivity index (χ0v) is 17.1. The van der Waals surface area contributed by atoms with E-state index in [1.165, 1.54) is 0 Å². The van der Waals surface area contributed by atoms with Crippen molar-refractivity contribution in [3.8, 4) is 5.75 Å². The van der Waals surface area contributed by atoms with E-state index in [-0.39, 0.29) is 11.6 Å². The number of anilines is 1. The molecule has 2 aliphatic rings. The molecule has 2 heterocycles. The maximum Gasteiger partial charge on any atom is 0.340 e. The molecule has 6 nitrogen and oxygen atoms in total. The molecule has 0 spiro atoms. The van der Waals surface area contributed by atoms with E-state index in [2.05, 4.69) is 6.07 Å². The standard InChI is InChI=1S/C24H23NO5/c1-3-28-23(26)18-7-4-5-10-20(18)25-12-15-11-19-16-8-6-9-17(16)24(27)30-22(19)14(2)21(15)29-13-25/h4-5,7,10-11H,3,6,8-9,12-13H2,1-2H3. The Morgan fingerprint density at radius 3 is 2.83 bits per heavy atom. The monoisotopic (exact) mass is 405 g/mol. The zero-order chi connectivity index (χ0) is 20.8. The maximum absolute atomic E-state index is 12.4. The third-order valence-corrected chi connectivity index (χ3v) is 5.99. The minimum absolute atomic E-state index is 0.223. The van der Waals surface area contributed by atoms with Gasteiger partial charge in [-0.1, -0.05) is 12.1 Å². The number of benzene rings is 2. The molecular weight excluding hydrogens is 382 g/mol. The number of para-hydroxylation sites is 1. The first-order valence-electron chi connectivity index (χ1n) is 10.3. The second kappa shape index (κ2) is 7.20. The van der Waals surface area contributed by atoms with Gasteiger partial charge in [-0.25, -0.2) is 9.59 Å². The average molecular weight is 405 g/mol. The first-order valence-corrected chi connectivity index (χ1v) is 10.3. The van der Waals surface area contributed by atoms with Crippen LogP contribution in [-0.2, 0) is 24.1 Å². The van der Waals surface area contributed by atoms with E-state index in [0.29, 0.717) is 31.0 Å². The Bertz CT molecular complexity index is 1230. The van der Waals surface area contributed by atoms with Gasteiger partial charge in [-0.2, -0.15) is 0 Å². The number of hydrogen-bond donors (Lipinski definition) is 0. The molecule has 1 aliphatic carbocycles. The largest absolute Gasteiger partial charge is 0.472 e. The molecule has 0 radical (unpaired) electrons. The van der Waals surface area contributed by atoms with Crippen LogP contribution in [0.2, 0.25) is 0 Å².